The lowest BCUT2D eigenvalue weighted by molar-refractivity contribution is 1.45. The minimum absolute atomic E-state index is 1.08. The van der Waals surface area contributed by atoms with Crippen LogP contribution in [0.2, 0.25) is 0 Å². The summed E-state index contributed by atoms with van der Waals surface area (Å²) in [5, 5.41) is 0. The van der Waals surface area contributed by atoms with Crippen LogP contribution in [0.1, 0.15) is 18.1 Å². The molecule has 0 spiro atoms. The fraction of sp³-hybridized carbons (Fsp3) is 0.143. The van der Waals surface area contributed by atoms with Crippen molar-refractivity contribution in [2.45, 2.75) is 13.8 Å². The Balaban J connectivity index is 3.08. The van der Waals surface area contributed by atoms with Crippen molar-refractivity contribution in [3.8, 4) is 12.3 Å². The Morgan fingerprint density at radius 2 is 1.93 bits per heavy atom. The minimum Gasteiger partial charge on any atom is -0.115 e. The third-order valence-electron chi connectivity index (χ3n) is 1.97. The van der Waals surface area contributed by atoms with Crippen LogP contribution in [0.15, 0.2) is 42.5 Å². The molecule has 0 fully saturated rings. The molecular weight excluding hydrogens is 168 g/mol. The highest BCUT2D eigenvalue weighted by atomic mass is 14.0. The summed E-state index contributed by atoms with van der Waals surface area (Å²) in [6.07, 6.45) is 11.1. The summed E-state index contributed by atoms with van der Waals surface area (Å²) in [7, 11) is 0. The molecule has 0 N–H and O–H groups in total. The number of hydrogen-bond acceptors (Lipinski definition) is 0. The number of aryl methyl sites for hydroxylation is 1. The van der Waals surface area contributed by atoms with E-state index >= 15 is 0 Å². The van der Waals surface area contributed by atoms with E-state index in [1.165, 1.54) is 5.56 Å². The van der Waals surface area contributed by atoms with Crippen LogP contribution < -0.4 is 0 Å². The summed E-state index contributed by atoms with van der Waals surface area (Å²) in [5.74, 6) is 2.55. The second-order valence-corrected chi connectivity index (χ2v) is 3.13. The molecule has 1 rings (SSSR count). The molecule has 0 saturated heterocycles. The van der Waals surface area contributed by atoms with Crippen LogP contribution in [0.3, 0.4) is 0 Å². The van der Waals surface area contributed by atoms with Crippen LogP contribution in [0.4, 0.5) is 0 Å². The van der Waals surface area contributed by atoms with E-state index in [1.807, 2.05) is 19.1 Å². The molecule has 0 saturated carbocycles. The number of benzene rings is 1. The Kier molecular flexibility index (Phi) is 3.76. The maximum atomic E-state index is 5.27. The van der Waals surface area contributed by atoms with Gasteiger partial charge in [0.05, 0.1) is 0 Å². The van der Waals surface area contributed by atoms with Crippen molar-refractivity contribution >= 4 is 5.57 Å². The van der Waals surface area contributed by atoms with E-state index in [0.717, 1.165) is 11.1 Å². The van der Waals surface area contributed by atoms with Gasteiger partial charge < -0.3 is 0 Å². The lowest BCUT2D eigenvalue weighted by Gasteiger charge is -2.01. The van der Waals surface area contributed by atoms with Crippen molar-refractivity contribution in [3.05, 3.63) is 53.6 Å². The van der Waals surface area contributed by atoms with E-state index in [1.54, 1.807) is 6.08 Å². The molecule has 0 aliphatic heterocycles. The van der Waals surface area contributed by atoms with E-state index in [4.69, 9.17) is 6.42 Å². The van der Waals surface area contributed by atoms with Gasteiger partial charge >= 0.3 is 0 Å². The van der Waals surface area contributed by atoms with Gasteiger partial charge in [0.2, 0.25) is 0 Å². The molecule has 1 aromatic carbocycles. The van der Waals surface area contributed by atoms with E-state index in [0.29, 0.717) is 0 Å². The maximum Gasteiger partial charge on any atom is -0.00431 e. The van der Waals surface area contributed by atoms with Crippen molar-refractivity contribution in [2.75, 3.05) is 0 Å². The van der Waals surface area contributed by atoms with Gasteiger partial charge in [0.1, 0.15) is 0 Å². The zero-order valence-electron chi connectivity index (χ0n) is 8.62. The lowest BCUT2D eigenvalue weighted by Crippen LogP contribution is -1.81. The Morgan fingerprint density at radius 3 is 2.43 bits per heavy atom. The summed E-state index contributed by atoms with van der Waals surface area (Å²) >= 11 is 0. The molecule has 0 aliphatic rings. The molecule has 0 radical (unpaired) electrons. The summed E-state index contributed by atoms with van der Waals surface area (Å²) in [5.41, 5.74) is 3.50. The SMILES string of the molecule is C#C/C=C(\C=C/C)c1ccc(C)cc1. The highest BCUT2D eigenvalue weighted by Crippen LogP contribution is 2.16. The van der Waals surface area contributed by atoms with Crippen molar-refractivity contribution in [1.29, 1.82) is 0 Å². The largest absolute Gasteiger partial charge is 0.115 e. The van der Waals surface area contributed by atoms with Crippen molar-refractivity contribution in [1.82, 2.24) is 0 Å². The van der Waals surface area contributed by atoms with Gasteiger partial charge in [0.25, 0.3) is 0 Å². The van der Waals surface area contributed by atoms with Gasteiger partial charge in [0, 0.05) is 0 Å². The molecule has 14 heavy (non-hydrogen) atoms. The Hall–Kier alpha value is -1.74. The predicted octanol–water partition coefficient (Wildman–Crippen LogP) is 3.59. The van der Waals surface area contributed by atoms with Crippen molar-refractivity contribution in [2.24, 2.45) is 0 Å². The van der Waals surface area contributed by atoms with Gasteiger partial charge in [-0.2, -0.15) is 0 Å². The smallest absolute Gasteiger partial charge is 0.00431 e. The quantitative estimate of drug-likeness (QED) is 0.484. The summed E-state index contributed by atoms with van der Waals surface area (Å²) in [6, 6.07) is 8.34. The molecule has 0 amide bonds. The molecule has 0 nitrogen and oxygen atoms in total. The average Bonchev–Trinajstić information content (AvgIpc) is 2.19. The monoisotopic (exact) mass is 182 g/mol. The van der Waals surface area contributed by atoms with Gasteiger partial charge in [-0.3, -0.25) is 0 Å². The first kappa shape index (κ1) is 10.3. The average molecular weight is 182 g/mol. The Bertz CT molecular complexity index is 383. The van der Waals surface area contributed by atoms with E-state index in [9.17, 15) is 0 Å². The first-order valence-corrected chi connectivity index (χ1v) is 4.64. The van der Waals surface area contributed by atoms with Gasteiger partial charge in [-0.05, 0) is 31.1 Å². The van der Waals surface area contributed by atoms with Gasteiger partial charge in [-0.1, -0.05) is 47.9 Å². The summed E-state index contributed by atoms with van der Waals surface area (Å²) < 4.78 is 0. The molecule has 0 aromatic heterocycles. The maximum absolute atomic E-state index is 5.27. The van der Waals surface area contributed by atoms with Crippen LogP contribution >= 0.6 is 0 Å². The topological polar surface area (TPSA) is 0 Å². The van der Waals surface area contributed by atoms with Crippen LogP contribution in [0, 0.1) is 19.3 Å². The van der Waals surface area contributed by atoms with Crippen LogP contribution in [0.5, 0.6) is 0 Å². The molecule has 0 atom stereocenters. The van der Waals surface area contributed by atoms with Gasteiger partial charge in [-0.15, -0.1) is 6.42 Å². The molecule has 0 aliphatic carbocycles. The highest BCUT2D eigenvalue weighted by Gasteiger charge is 1.95. The third-order valence-corrected chi connectivity index (χ3v) is 1.97. The van der Waals surface area contributed by atoms with E-state index in [-0.39, 0.29) is 0 Å². The molecule has 0 heterocycles. The van der Waals surface area contributed by atoms with Crippen LogP contribution in [0.25, 0.3) is 5.57 Å². The lowest BCUT2D eigenvalue weighted by atomic mass is 10.0. The van der Waals surface area contributed by atoms with Crippen LogP contribution in [-0.2, 0) is 0 Å². The molecular formula is C14H14. The molecule has 0 bridgehead atoms. The normalized spacial score (nSPS) is 11.6. The van der Waals surface area contributed by atoms with Gasteiger partial charge in [0.15, 0.2) is 0 Å². The number of allylic oxidation sites excluding steroid dienone is 4. The predicted molar refractivity (Wildman–Crippen MR) is 62.8 cm³/mol. The number of rotatable bonds is 2. The summed E-state index contributed by atoms with van der Waals surface area (Å²) in [6.45, 7) is 4.06. The second-order valence-electron chi connectivity index (χ2n) is 3.13. The zero-order valence-corrected chi connectivity index (χ0v) is 8.62. The number of hydrogen-bond donors (Lipinski definition) is 0. The molecule has 70 valence electrons. The minimum atomic E-state index is 1.08. The van der Waals surface area contributed by atoms with Crippen molar-refractivity contribution < 1.29 is 0 Å². The summed E-state index contributed by atoms with van der Waals surface area (Å²) in [4.78, 5) is 0. The zero-order chi connectivity index (χ0) is 10.4. The second kappa shape index (κ2) is 5.09. The Morgan fingerprint density at radius 1 is 1.29 bits per heavy atom. The first-order chi connectivity index (χ1) is 6.77. The first-order valence-electron chi connectivity index (χ1n) is 4.64. The van der Waals surface area contributed by atoms with Crippen LogP contribution in [-0.4, -0.2) is 0 Å². The molecule has 0 heteroatoms. The Labute approximate surface area is 86.0 Å². The molecule has 1 aromatic rings. The van der Waals surface area contributed by atoms with E-state index < -0.39 is 0 Å². The van der Waals surface area contributed by atoms with Crippen molar-refractivity contribution in [3.63, 3.8) is 0 Å². The van der Waals surface area contributed by atoms with E-state index in [2.05, 4.69) is 37.1 Å². The third kappa shape index (κ3) is 2.64. The number of terminal acetylenes is 1. The standard InChI is InChI=1S/C14H14/c1-4-6-13(7-5-2)14-10-8-12(3)9-11-14/h1,5-11H,2-3H3/b7-5-,13-6+. The fourth-order valence-electron chi connectivity index (χ4n) is 1.24. The molecule has 0 unspecified atom stereocenters. The highest BCUT2D eigenvalue weighted by molar-refractivity contribution is 5.75. The fourth-order valence-corrected chi connectivity index (χ4v) is 1.24. The van der Waals surface area contributed by atoms with Gasteiger partial charge in [-0.25, -0.2) is 0 Å².